The second-order valence-corrected chi connectivity index (χ2v) is 4.22. The van der Waals surface area contributed by atoms with Crippen LogP contribution < -0.4 is 10.6 Å². The number of carbonyl (C=O) groups excluding carboxylic acids is 1. The molecule has 3 N–H and O–H groups in total. The number of carbonyl (C=O) groups is 1. The predicted molar refractivity (Wildman–Crippen MR) is 74.6 cm³/mol. The number of nitrogens with zero attached hydrogens (tertiary/aromatic N) is 1. The highest BCUT2D eigenvalue weighted by atomic mass is 35.5. The molecular weight excluding hydrogens is 268 g/mol. The molecular formula is C12H15ClN4O2. The Morgan fingerprint density at radius 1 is 1.47 bits per heavy atom. The molecule has 6 nitrogen and oxygen atoms in total. The van der Waals surface area contributed by atoms with Crippen molar-refractivity contribution in [2.24, 2.45) is 0 Å². The number of ether oxygens (including phenoxy) is 1. The van der Waals surface area contributed by atoms with Gasteiger partial charge in [0.05, 0.1) is 18.3 Å². The maximum atomic E-state index is 11.9. The molecule has 0 saturated carbocycles. The quantitative estimate of drug-likeness (QED) is 0.765. The second-order valence-electron chi connectivity index (χ2n) is 4.22. The van der Waals surface area contributed by atoms with Crippen molar-refractivity contribution < 1.29 is 9.53 Å². The third-order valence-electron chi connectivity index (χ3n) is 2.93. The third-order valence-corrected chi connectivity index (χ3v) is 2.93. The minimum Gasteiger partial charge on any atom is -0.366 e. The van der Waals surface area contributed by atoms with Gasteiger partial charge < -0.3 is 15.4 Å². The molecule has 1 aromatic heterocycles. The van der Waals surface area contributed by atoms with Crippen LogP contribution in [0.3, 0.4) is 0 Å². The number of hydrogen-bond acceptors (Lipinski definition) is 4. The molecule has 2 heterocycles. The summed E-state index contributed by atoms with van der Waals surface area (Å²) in [5.41, 5.74) is 1.64. The standard InChI is InChI=1S/C12H14N4O2.ClH/c17-12(11-7-13-3-4-18-11)15-9-2-1-8-6-14-16-10(8)5-9;/h1-2,5-6,11,13H,3-4,7H2,(H,14,16)(H,15,17);1H. The highest BCUT2D eigenvalue weighted by molar-refractivity contribution is 5.96. The topological polar surface area (TPSA) is 79.0 Å². The van der Waals surface area contributed by atoms with E-state index >= 15 is 0 Å². The first kappa shape index (κ1) is 13.8. The van der Waals surface area contributed by atoms with Gasteiger partial charge in [-0.15, -0.1) is 12.4 Å². The zero-order valence-corrected chi connectivity index (χ0v) is 11.0. The molecule has 1 aliphatic rings. The van der Waals surface area contributed by atoms with Crippen LogP contribution in [-0.4, -0.2) is 41.9 Å². The van der Waals surface area contributed by atoms with Gasteiger partial charge in [0.25, 0.3) is 5.91 Å². The molecule has 1 fully saturated rings. The first-order valence-corrected chi connectivity index (χ1v) is 5.89. The predicted octanol–water partition coefficient (Wildman–Crippen LogP) is 0.912. The van der Waals surface area contributed by atoms with Crippen LogP contribution in [0.4, 0.5) is 5.69 Å². The molecule has 1 aliphatic heterocycles. The van der Waals surface area contributed by atoms with Gasteiger partial charge in [0, 0.05) is 24.2 Å². The summed E-state index contributed by atoms with van der Waals surface area (Å²) in [5.74, 6) is -0.124. The van der Waals surface area contributed by atoms with Gasteiger partial charge in [0.2, 0.25) is 0 Å². The number of aromatic nitrogens is 2. The van der Waals surface area contributed by atoms with E-state index in [-0.39, 0.29) is 18.3 Å². The van der Waals surface area contributed by atoms with Crippen molar-refractivity contribution in [3.05, 3.63) is 24.4 Å². The van der Waals surface area contributed by atoms with Crippen molar-refractivity contribution in [2.45, 2.75) is 6.10 Å². The smallest absolute Gasteiger partial charge is 0.254 e. The number of anilines is 1. The van der Waals surface area contributed by atoms with Crippen LogP contribution in [-0.2, 0) is 9.53 Å². The number of morpholine rings is 1. The van der Waals surface area contributed by atoms with Crippen molar-refractivity contribution >= 4 is 34.9 Å². The van der Waals surface area contributed by atoms with E-state index in [2.05, 4.69) is 20.8 Å². The van der Waals surface area contributed by atoms with E-state index in [0.29, 0.717) is 13.2 Å². The van der Waals surface area contributed by atoms with Gasteiger partial charge in [-0.25, -0.2) is 0 Å². The molecule has 0 aliphatic carbocycles. The minimum atomic E-state index is -0.420. The summed E-state index contributed by atoms with van der Waals surface area (Å²) in [6.07, 6.45) is 1.32. The summed E-state index contributed by atoms with van der Waals surface area (Å²) in [4.78, 5) is 11.9. The van der Waals surface area contributed by atoms with Gasteiger partial charge in [0.1, 0.15) is 6.10 Å². The van der Waals surface area contributed by atoms with Crippen molar-refractivity contribution in [3.8, 4) is 0 Å². The summed E-state index contributed by atoms with van der Waals surface area (Å²) < 4.78 is 5.39. The van der Waals surface area contributed by atoms with Crippen LogP contribution in [0, 0.1) is 0 Å². The number of benzene rings is 1. The van der Waals surface area contributed by atoms with Crippen LogP contribution in [0.25, 0.3) is 10.9 Å². The van der Waals surface area contributed by atoms with E-state index in [1.165, 1.54) is 0 Å². The molecule has 1 amide bonds. The Hall–Kier alpha value is -1.63. The molecule has 7 heteroatoms. The van der Waals surface area contributed by atoms with Crippen molar-refractivity contribution in [3.63, 3.8) is 0 Å². The number of nitrogens with one attached hydrogen (secondary N) is 3. The maximum absolute atomic E-state index is 11.9. The van der Waals surface area contributed by atoms with E-state index in [4.69, 9.17) is 4.74 Å². The Labute approximate surface area is 116 Å². The van der Waals surface area contributed by atoms with E-state index in [9.17, 15) is 4.79 Å². The molecule has 1 aromatic carbocycles. The number of rotatable bonds is 2. The number of halogens is 1. The minimum absolute atomic E-state index is 0. The van der Waals surface area contributed by atoms with E-state index in [1.54, 1.807) is 6.20 Å². The van der Waals surface area contributed by atoms with Crippen LogP contribution in [0.5, 0.6) is 0 Å². The molecule has 19 heavy (non-hydrogen) atoms. The number of fused-ring (bicyclic) bond motifs is 1. The third kappa shape index (κ3) is 3.04. The van der Waals surface area contributed by atoms with Gasteiger partial charge in [0.15, 0.2) is 0 Å². The number of aromatic amines is 1. The first-order valence-electron chi connectivity index (χ1n) is 5.89. The van der Waals surface area contributed by atoms with Gasteiger partial charge >= 0.3 is 0 Å². The van der Waals surface area contributed by atoms with E-state index in [1.807, 2.05) is 18.2 Å². The molecule has 0 radical (unpaired) electrons. The average molecular weight is 283 g/mol. The fourth-order valence-electron chi connectivity index (χ4n) is 1.97. The number of H-pyrrole nitrogens is 1. The Balaban J connectivity index is 0.00000133. The molecule has 1 unspecified atom stereocenters. The van der Waals surface area contributed by atoms with Crippen molar-refractivity contribution in [1.29, 1.82) is 0 Å². The van der Waals surface area contributed by atoms with Crippen LogP contribution >= 0.6 is 12.4 Å². The normalized spacial score (nSPS) is 18.8. The van der Waals surface area contributed by atoms with Crippen molar-refractivity contribution in [1.82, 2.24) is 15.5 Å². The van der Waals surface area contributed by atoms with Crippen LogP contribution in [0.1, 0.15) is 0 Å². The van der Waals surface area contributed by atoms with E-state index in [0.717, 1.165) is 23.1 Å². The lowest BCUT2D eigenvalue weighted by Gasteiger charge is -2.22. The second kappa shape index (κ2) is 6.01. The molecule has 0 bridgehead atoms. The molecule has 2 aromatic rings. The number of hydrogen-bond donors (Lipinski definition) is 3. The molecule has 3 rings (SSSR count). The molecule has 102 valence electrons. The van der Waals surface area contributed by atoms with Crippen LogP contribution in [0.2, 0.25) is 0 Å². The fourth-order valence-corrected chi connectivity index (χ4v) is 1.97. The average Bonchev–Trinajstić information content (AvgIpc) is 2.87. The first-order chi connectivity index (χ1) is 8.83. The van der Waals surface area contributed by atoms with Gasteiger partial charge in [-0.1, -0.05) is 0 Å². The molecule has 1 atom stereocenters. The van der Waals surface area contributed by atoms with Crippen molar-refractivity contribution in [2.75, 3.05) is 25.0 Å². The van der Waals surface area contributed by atoms with Crippen LogP contribution in [0.15, 0.2) is 24.4 Å². The Morgan fingerprint density at radius 3 is 3.16 bits per heavy atom. The zero-order valence-electron chi connectivity index (χ0n) is 10.2. The summed E-state index contributed by atoms with van der Waals surface area (Å²) in [6.45, 7) is 1.92. The Bertz CT molecular complexity index is 566. The van der Waals surface area contributed by atoms with Gasteiger partial charge in [-0.3, -0.25) is 9.89 Å². The summed E-state index contributed by atoms with van der Waals surface area (Å²) >= 11 is 0. The maximum Gasteiger partial charge on any atom is 0.254 e. The lowest BCUT2D eigenvalue weighted by atomic mass is 10.2. The SMILES string of the molecule is Cl.O=C(Nc1ccc2cn[nH]c2c1)C1CNCCO1. The lowest BCUT2D eigenvalue weighted by molar-refractivity contribution is -0.128. The monoisotopic (exact) mass is 282 g/mol. The molecule has 1 saturated heterocycles. The Kier molecular flexibility index (Phi) is 4.36. The Morgan fingerprint density at radius 2 is 2.37 bits per heavy atom. The zero-order chi connectivity index (χ0) is 12.4. The lowest BCUT2D eigenvalue weighted by Crippen LogP contribution is -2.45. The number of amides is 1. The largest absolute Gasteiger partial charge is 0.366 e. The summed E-state index contributed by atoms with van der Waals surface area (Å²) in [6, 6.07) is 5.62. The fraction of sp³-hybridized carbons (Fsp3) is 0.333. The van der Waals surface area contributed by atoms with Gasteiger partial charge in [-0.05, 0) is 18.2 Å². The summed E-state index contributed by atoms with van der Waals surface area (Å²) in [7, 11) is 0. The highest BCUT2D eigenvalue weighted by Crippen LogP contribution is 2.16. The summed E-state index contributed by atoms with van der Waals surface area (Å²) in [5, 5.41) is 13.8. The van der Waals surface area contributed by atoms with Gasteiger partial charge in [-0.2, -0.15) is 5.10 Å². The molecule has 0 spiro atoms. The van der Waals surface area contributed by atoms with E-state index < -0.39 is 6.10 Å². The highest BCUT2D eigenvalue weighted by Gasteiger charge is 2.21.